The van der Waals surface area contributed by atoms with E-state index >= 15 is 0 Å². The fraction of sp³-hybridized carbons (Fsp3) is 0.652. The molecule has 2 aliphatic carbocycles. The number of hydrogen-bond acceptors (Lipinski definition) is 3. The molecule has 1 aromatic carbocycles. The van der Waals surface area contributed by atoms with Crippen LogP contribution in [0.4, 0.5) is 0 Å². The van der Waals surface area contributed by atoms with Crippen LogP contribution in [0.3, 0.4) is 0 Å². The summed E-state index contributed by atoms with van der Waals surface area (Å²) < 4.78 is 6.18. The van der Waals surface area contributed by atoms with Crippen LogP contribution in [-0.2, 0) is 9.53 Å². The van der Waals surface area contributed by atoms with Crippen LogP contribution in [0.1, 0.15) is 56.8 Å². The van der Waals surface area contributed by atoms with Crippen molar-refractivity contribution < 1.29 is 14.3 Å². The molecule has 28 heavy (non-hydrogen) atoms. The highest BCUT2D eigenvalue weighted by Crippen LogP contribution is 2.68. The monoisotopic (exact) mass is 384 g/mol. The van der Waals surface area contributed by atoms with E-state index in [4.69, 9.17) is 4.74 Å². The van der Waals surface area contributed by atoms with Crippen LogP contribution in [-0.4, -0.2) is 37.1 Å². The standard InChI is InChI=1S/C23H32N2O3/c1-15(26)25-21-22(2,3)17-13-18-19(28-12-10-23(18,21)14-17)9-11-24-20(27)16-7-5-4-6-8-16/h4-8,17-19,21H,9-14H2,1-3H3,(H,24,27)(H,25,26)/t17-,18-,19-,21-,23-/m1/s1. The first-order chi connectivity index (χ1) is 13.3. The minimum atomic E-state index is -0.0312. The maximum atomic E-state index is 12.3. The first-order valence-corrected chi connectivity index (χ1v) is 10.6. The van der Waals surface area contributed by atoms with Gasteiger partial charge in [-0.2, -0.15) is 0 Å². The second-order valence-electron chi connectivity index (χ2n) is 9.50. The highest BCUT2D eigenvalue weighted by Gasteiger charge is 2.68. The molecule has 3 fully saturated rings. The number of benzene rings is 1. The van der Waals surface area contributed by atoms with Gasteiger partial charge in [0.1, 0.15) is 0 Å². The van der Waals surface area contributed by atoms with Gasteiger partial charge in [0.2, 0.25) is 5.91 Å². The highest BCUT2D eigenvalue weighted by molar-refractivity contribution is 5.94. The Hall–Kier alpha value is -1.88. The smallest absolute Gasteiger partial charge is 0.251 e. The molecular formula is C23H32N2O3. The average molecular weight is 385 g/mol. The number of fused-ring (bicyclic) bond motifs is 1. The Balaban J connectivity index is 1.42. The summed E-state index contributed by atoms with van der Waals surface area (Å²) in [5, 5.41) is 6.34. The van der Waals surface area contributed by atoms with E-state index in [1.807, 2.05) is 30.3 Å². The van der Waals surface area contributed by atoms with E-state index in [0.717, 1.165) is 19.4 Å². The zero-order valence-corrected chi connectivity index (χ0v) is 17.2. The number of rotatable bonds is 5. The predicted molar refractivity (Wildman–Crippen MR) is 108 cm³/mol. The van der Waals surface area contributed by atoms with Gasteiger partial charge in [0.15, 0.2) is 0 Å². The minimum Gasteiger partial charge on any atom is -0.378 e. The van der Waals surface area contributed by atoms with Gasteiger partial charge in [-0.15, -0.1) is 0 Å². The van der Waals surface area contributed by atoms with Crippen molar-refractivity contribution in [3.05, 3.63) is 35.9 Å². The third-order valence-corrected chi connectivity index (χ3v) is 7.72. The molecule has 1 aliphatic heterocycles. The van der Waals surface area contributed by atoms with Crippen molar-refractivity contribution in [2.24, 2.45) is 22.7 Å². The summed E-state index contributed by atoms with van der Waals surface area (Å²) in [5.74, 6) is 1.12. The Morgan fingerprint density at radius 3 is 2.68 bits per heavy atom. The SMILES string of the molecule is CC(=O)N[C@@H]1C(C)(C)[C@@H]2C[C@@H]3[C@@H](CCNC(=O)c4ccccc4)OCC[C@@]31C2. The lowest BCUT2D eigenvalue weighted by Gasteiger charge is -2.53. The van der Waals surface area contributed by atoms with Crippen molar-refractivity contribution >= 4 is 11.8 Å². The lowest BCUT2D eigenvalue weighted by Crippen LogP contribution is -2.60. The van der Waals surface area contributed by atoms with Crippen molar-refractivity contribution in [3.8, 4) is 0 Å². The molecule has 4 rings (SSSR count). The van der Waals surface area contributed by atoms with Crippen molar-refractivity contribution in [1.82, 2.24) is 10.6 Å². The lowest BCUT2D eigenvalue weighted by atomic mass is 9.59. The fourth-order valence-corrected chi connectivity index (χ4v) is 6.42. The summed E-state index contributed by atoms with van der Waals surface area (Å²) in [4.78, 5) is 24.2. The first kappa shape index (κ1) is 19.4. The molecular weight excluding hydrogens is 352 g/mol. The maximum absolute atomic E-state index is 12.3. The molecule has 0 radical (unpaired) electrons. The van der Waals surface area contributed by atoms with Crippen LogP contribution in [0.15, 0.2) is 30.3 Å². The summed E-state index contributed by atoms with van der Waals surface area (Å²) in [6, 6.07) is 9.54. The maximum Gasteiger partial charge on any atom is 0.251 e. The Kier molecular flexibility index (Phi) is 4.98. The lowest BCUT2D eigenvalue weighted by molar-refractivity contribution is -0.135. The molecule has 1 spiro atoms. The van der Waals surface area contributed by atoms with Gasteiger partial charge in [-0.25, -0.2) is 0 Å². The summed E-state index contributed by atoms with van der Waals surface area (Å²) in [6.45, 7) is 7.61. The summed E-state index contributed by atoms with van der Waals surface area (Å²) >= 11 is 0. The van der Waals surface area contributed by atoms with Crippen LogP contribution in [0.2, 0.25) is 0 Å². The second kappa shape index (κ2) is 7.18. The normalized spacial score (nSPS) is 35.2. The Morgan fingerprint density at radius 2 is 1.96 bits per heavy atom. The van der Waals surface area contributed by atoms with Gasteiger partial charge in [0, 0.05) is 31.7 Å². The number of carbonyl (C=O) groups excluding carboxylic acids is 2. The largest absolute Gasteiger partial charge is 0.378 e. The molecule has 1 saturated heterocycles. The molecule has 152 valence electrons. The molecule has 5 nitrogen and oxygen atoms in total. The molecule has 0 aromatic heterocycles. The molecule has 2 N–H and O–H groups in total. The summed E-state index contributed by atoms with van der Waals surface area (Å²) in [7, 11) is 0. The molecule has 3 aliphatic rings. The van der Waals surface area contributed by atoms with E-state index in [1.165, 1.54) is 12.8 Å². The van der Waals surface area contributed by atoms with Gasteiger partial charge in [0.25, 0.3) is 5.91 Å². The highest BCUT2D eigenvalue weighted by atomic mass is 16.5. The van der Waals surface area contributed by atoms with Crippen molar-refractivity contribution in [2.75, 3.05) is 13.2 Å². The Morgan fingerprint density at radius 1 is 1.21 bits per heavy atom. The zero-order valence-electron chi connectivity index (χ0n) is 17.2. The number of hydrogen-bond donors (Lipinski definition) is 2. The molecule has 2 saturated carbocycles. The zero-order chi connectivity index (χ0) is 19.9. The minimum absolute atomic E-state index is 0.0312. The third-order valence-electron chi connectivity index (χ3n) is 7.72. The third kappa shape index (κ3) is 3.14. The molecule has 1 heterocycles. The number of ether oxygens (including phenoxy) is 1. The molecule has 0 unspecified atom stereocenters. The summed E-state index contributed by atoms with van der Waals surface area (Å²) in [5.41, 5.74) is 0.966. The van der Waals surface area contributed by atoms with Gasteiger partial charge < -0.3 is 15.4 Å². The Bertz CT molecular complexity index is 747. The molecule has 2 amide bonds. The van der Waals surface area contributed by atoms with E-state index < -0.39 is 0 Å². The predicted octanol–water partition coefficient (Wildman–Crippen LogP) is 3.15. The van der Waals surface area contributed by atoms with Crippen LogP contribution in [0.25, 0.3) is 0 Å². The van der Waals surface area contributed by atoms with Gasteiger partial charge >= 0.3 is 0 Å². The molecule has 2 bridgehead atoms. The van der Waals surface area contributed by atoms with Crippen LogP contribution < -0.4 is 10.6 Å². The topological polar surface area (TPSA) is 67.4 Å². The van der Waals surface area contributed by atoms with Crippen LogP contribution in [0, 0.1) is 22.7 Å². The van der Waals surface area contributed by atoms with Gasteiger partial charge in [-0.05, 0) is 60.5 Å². The number of carbonyl (C=O) groups is 2. The van der Waals surface area contributed by atoms with Gasteiger partial charge in [-0.3, -0.25) is 9.59 Å². The second-order valence-corrected chi connectivity index (χ2v) is 9.50. The van der Waals surface area contributed by atoms with Crippen LogP contribution in [0.5, 0.6) is 0 Å². The molecule has 1 aromatic rings. The first-order valence-electron chi connectivity index (χ1n) is 10.6. The van der Waals surface area contributed by atoms with Crippen molar-refractivity contribution in [2.45, 2.75) is 58.6 Å². The summed E-state index contributed by atoms with van der Waals surface area (Å²) in [6.07, 6.45) is 4.36. The van der Waals surface area contributed by atoms with Crippen molar-refractivity contribution in [1.29, 1.82) is 0 Å². The molecule has 5 atom stereocenters. The quantitative estimate of drug-likeness (QED) is 0.819. The number of nitrogens with one attached hydrogen (secondary N) is 2. The van der Waals surface area contributed by atoms with Crippen molar-refractivity contribution in [3.63, 3.8) is 0 Å². The fourth-order valence-electron chi connectivity index (χ4n) is 6.42. The van der Waals surface area contributed by atoms with E-state index in [-0.39, 0.29) is 34.8 Å². The van der Waals surface area contributed by atoms with Gasteiger partial charge in [-0.1, -0.05) is 32.0 Å². The molecule has 5 heteroatoms. The number of amides is 2. The van der Waals surface area contributed by atoms with E-state index in [2.05, 4.69) is 24.5 Å². The van der Waals surface area contributed by atoms with Gasteiger partial charge in [0.05, 0.1) is 6.10 Å². The Labute approximate surface area is 167 Å². The van der Waals surface area contributed by atoms with Crippen LogP contribution >= 0.6 is 0 Å². The van der Waals surface area contributed by atoms with E-state index in [0.29, 0.717) is 23.9 Å². The van der Waals surface area contributed by atoms with E-state index in [9.17, 15) is 9.59 Å². The van der Waals surface area contributed by atoms with E-state index in [1.54, 1.807) is 6.92 Å². The average Bonchev–Trinajstić information content (AvgIpc) is 3.16.